The Bertz CT molecular complexity index is 611. The van der Waals surface area contributed by atoms with Crippen molar-refractivity contribution in [3.63, 3.8) is 0 Å². The SMILES string of the molecule is CCC(C)N(CC(=O)Nc1ccc(OC(C)C)cc1)S(C)(=O)=O. The van der Waals surface area contributed by atoms with E-state index in [4.69, 9.17) is 4.74 Å². The van der Waals surface area contributed by atoms with Crippen LogP contribution in [0.15, 0.2) is 24.3 Å². The molecule has 7 heteroatoms. The summed E-state index contributed by atoms with van der Waals surface area (Å²) < 4.78 is 30.3. The van der Waals surface area contributed by atoms with Gasteiger partial charge in [0.2, 0.25) is 15.9 Å². The van der Waals surface area contributed by atoms with E-state index in [2.05, 4.69) is 5.32 Å². The average Bonchev–Trinajstić information content (AvgIpc) is 2.44. The molecule has 0 spiro atoms. The number of carbonyl (C=O) groups is 1. The summed E-state index contributed by atoms with van der Waals surface area (Å²) in [5.74, 6) is 0.351. The normalized spacial score (nSPS) is 13.2. The van der Waals surface area contributed by atoms with Crippen LogP contribution in [0.3, 0.4) is 0 Å². The molecule has 1 N–H and O–H groups in total. The van der Waals surface area contributed by atoms with E-state index >= 15 is 0 Å². The Labute approximate surface area is 138 Å². The minimum Gasteiger partial charge on any atom is -0.491 e. The summed E-state index contributed by atoms with van der Waals surface area (Å²) in [5.41, 5.74) is 0.601. The molecule has 0 aromatic heterocycles. The molecule has 0 aliphatic rings. The summed E-state index contributed by atoms with van der Waals surface area (Å²) in [7, 11) is -3.43. The fourth-order valence-electron chi connectivity index (χ4n) is 2.03. The Kier molecular flexibility index (Phi) is 7.02. The molecule has 0 saturated heterocycles. The highest BCUT2D eigenvalue weighted by Crippen LogP contribution is 2.17. The molecule has 0 radical (unpaired) electrons. The van der Waals surface area contributed by atoms with Crippen molar-refractivity contribution < 1.29 is 17.9 Å². The molecule has 1 aromatic carbocycles. The summed E-state index contributed by atoms with van der Waals surface area (Å²) in [6, 6.07) is 6.75. The first-order chi connectivity index (χ1) is 10.6. The largest absolute Gasteiger partial charge is 0.491 e. The highest BCUT2D eigenvalue weighted by molar-refractivity contribution is 7.88. The van der Waals surface area contributed by atoms with Crippen LogP contribution in [-0.4, -0.2) is 43.6 Å². The van der Waals surface area contributed by atoms with Crippen molar-refractivity contribution in [1.29, 1.82) is 0 Å². The number of nitrogens with one attached hydrogen (secondary N) is 1. The van der Waals surface area contributed by atoms with Crippen LogP contribution in [0.2, 0.25) is 0 Å². The van der Waals surface area contributed by atoms with E-state index in [9.17, 15) is 13.2 Å². The minimum absolute atomic E-state index is 0.0780. The van der Waals surface area contributed by atoms with Crippen LogP contribution >= 0.6 is 0 Å². The van der Waals surface area contributed by atoms with Gasteiger partial charge in [0.15, 0.2) is 0 Å². The third kappa shape index (κ3) is 6.58. The number of amides is 1. The highest BCUT2D eigenvalue weighted by atomic mass is 32.2. The molecule has 0 saturated carbocycles. The molecule has 130 valence electrons. The Hall–Kier alpha value is -1.60. The number of hydrogen-bond donors (Lipinski definition) is 1. The third-order valence-electron chi connectivity index (χ3n) is 3.32. The smallest absolute Gasteiger partial charge is 0.239 e. The van der Waals surface area contributed by atoms with Crippen molar-refractivity contribution in [3.8, 4) is 5.75 Å². The average molecular weight is 342 g/mol. The predicted molar refractivity (Wildman–Crippen MR) is 92.1 cm³/mol. The van der Waals surface area contributed by atoms with Crippen molar-refractivity contribution in [3.05, 3.63) is 24.3 Å². The van der Waals surface area contributed by atoms with E-state index in [1.165, 1.54) is 4.31 Å². The Morgan fingerprint density at radius 3 is 2.22 bits per heavy atom. The topological polar surface area (TPSA) is 75.7 Å². The first-order valence-corrected chi connectivity index (χ1v) is 9.51. The first-order valence-electron chi connectivity index (χ1n) is 7.66. The maximum Gasteiger partial charge on any atom is 0.239 e. The monoisotopic (exact) mass is 342 g/mol. The van der Waals surface area contributed by atoms with Gasteiger partial charge in [-0.15, -0.1) is 0 Å². The molecular formula is C16H26N2O4S. The van der Waals surface area contributed by atoms with Gasteiger partial charge in [-0.1, -0.05) is 6.92 Å². The number of hydrogen-bond acceptors (Lipinski definition) is 4. The first kappa shape index (κ1) is 19.4. The lowest BCUT2D eigenvalue weighted by Gasteiger charge is -2.25. The summed E-state index contributed by atoms with van der Waals surface area (Å²) in [5, 5.41) is 2.70. The van der Waals surface area contributed by atoms with E-state index < -0.39 is 10.0 Å². The number of rotatable bonds is 8. The van der Waals surface area contributed by atoms with Gasteiger partial charge in [0, 0.05) is 11.7 Å². The lowest BCUT2D eigenvalue weighted by atomic mass is 10.2. The van der Waals surface area contributed by atoms with Crippen LogP contribution in [0.25, 0.3) is 0 Å². The van der Waals surface area contributed by atoms with Crippen LogP contribution < -0.4 is 10.1 Å². The van der Waals surface area contributed by atoms with E-state index in [-0.39, 0.29) is 24.6 Å². The zero-order valence-electron chi connectivity index (χ0n) is 14.4. The molecule has 1 aromatic rings. The molecule has 23 heavy (non-hydrogen) atoms. The van der Waals surface area contributed by atoms with Crippen molar-refractivity contribution in [1.82, 2.24) is 4.31 Å². The number of sulfonamides is 1. The van der Waals surface area contributed by atoms with Gasteiger partial charge >= 0.3 is 0 Å². The maximum atomic E-state index is 12.1. The highest BCUT2D eigenvalue weighted by Gasteiger charge is 2.24. The van der Waals surface area contributed by atoms with Crippen LogP contribution in [0.1, 0.15) is 34.1 Å². The Morgan fingerprint density at radius 2 is 1.78 bits per heavy atom. The molecule has 1 amide bonds. The van der Waals surface area contributed by atoms with Gasteiger partial charge in [-0.3, -0.25) is 4.79 Å². The van der Waals surface area contributed by atoms with Gasteiger partial charge in [0.25, 0.3) is 0 Å². The Balaban J connectivity index is 2.71. The van der Waals surface area contributed by atoms with Crippen molar-refractivity contribution in [2.24, 2.45) is 0 Å². The van der Waals surface area contributed by atoms with E-state index in [1.54, 1.807) is 31.2 Å². The van der Waals surface area contributed by atoms with E-state index in [0.29, 0.717) is 12.1 Å². The number of carbonyl (C=O) groups excluding carboxylic acids is 1. The molecule has 0 fully saturated rings. The molecule has 1 unspecified atom stereocenters. The molecule has 1 atom stereocenters. The van der Waals surface area contributed by atoms with Crippen molar-refractivity contribution in [2.45, 2.75) is 46.3 Å². The standard InChI is InChI=1S/C16H26N2O4S/c1-6-13(4)18(23(5,20)21)11-16(19)17-14-7-9-15(10-8-14)22-12(2)3/h7-10,12-13H,6,11H2,1-5H3,(H,17,19). The Morgan fingerprint density at radius 1 is 1.22 bits per heavy atom. The quantitative estimate of drug-likeness (QED) is 0.787. The zero-order valence-corrected chi connectivity index (χ0v) is 15.2. The van der Waals surface area contributed by atoms with E-state index in [0.717, 1.165) is 12.0 Å². The van der Waals surface area contributed by atoms with Crippen LogP contribution in [-0.2, 0) is 14.8 Å². The molecule has 6 nitrogen and oxygen atoms in total. The van der Waals surface area contributed by atoms with Gasteiger partial charge < -0.3 is 10.1 Å². The second-order valence-electron chi connectivity index (χ2n) is 5.80. The van der Waals surface area contributed by atoms with Gasteiger partial charge in [-0.05, 0) is 51.5 Å². The summed E-state index contributed by atoms with van der Waals surface area (Å²) >= 11 is 0. The van der Waals surface area contributed by atoms with Crippen LogP contribution in [0.4, 0.5) is 5.69 Å². The van der Waals surface area contributed by atoms with Crippen molar-refractivity contribution in [2.75, 3.05) is 18.1 Å². The molecule has 0 bridgehead atoms. The van der Waals surface area contributed by atoms with Gasteiger partial charge in [0.1, 0.15) is 5.75 Å². The molecule has 0 aliphatic heterocycles. The molecule has 1 rings (SSSR count). The summed E-state index contributed by atoms with van der Waals surface area (Å²) in [6.45, 7) is 7.34. The molecule has 0 heterocycles. The fraction of sp³-hybridized carbons (Fsp3) is 0.562. The van der Waals surface area contributed by atoms with Gasteiger partial charge in [0.05, 0.1) is 18.9 Å². The zero-order chi connectivity index (χ0) is 17.6. The minimum atomic E-state index is -3.43. The maximum absolute atomic E-state index is 12.1. The third-order valence-corrected chi connectivity index (χ3v) is 4.66. The number of anilines is 1. The fourth-order valence-corrected chi connectivity index (χ4v) is 3.19. The van der Waals surface area contributed by atoms with Crippen molar-refractivity contribution >= 4 is 21.6 Å². The summed E-state index contributed by atoms with van der Waals surface area (Å²) in [4.78, 5) is 12.1. The number of nitrogens with zero attached hydrogens (tertiary/aromatic N) is 1. The summed E-state index contributed by atoms with van der Waals surface area (Å²) in [6.07, 6.45) is 1.83. The van der Waals surface area contributed by atoms with Crippen LogP contribution in [0, 0.1) is 0 Å². The van der Waals surface area contributed by atoms with Gasteiger partial charge in [-0.2, -0.15) is 4.31 Å². The predicted octanol–water partition coefficient (Wildman–Crippen LogP) is 2.47. The van der Waals surface area contributed by atoms with Crippen LogP contribution in [0.5, 0.6) is 5.75 Å². The second-order valence-corrected chi connectivity index (χ2v) is 7.74. The molecule has 0 aliphatic carbocycles. The van der Waals surface area contributed by atoms with E-state index in [1.807, 2.05) is 20.8 Å². The lowest BCUT2D eigenvalue weighted by Crippen LogP contribution is -2.42. The molecular weight excluding hydrogens is 316 g/mol. The second kappa shape index (κ2) is 8.31. The number of ether oxygens (including phenoxy) is 1. The lowest BCUT2D eigenvalue weighted by molar-refractivity contribution is -0.116. The van der Waals surface area contributed by atoms with Gasteiger partial charge in [-0.25, -0.2) is 8.42 Å². The number of benzene rings is 1.